The molecule has 50 heavy (non-hydrogen) atoms. The average molecular weight is 795 g/mol. The van der Waals surface area contributed by atoms with Crippen molar-refractivity contribution in [3.8, 4) is 11.1 Å². The van der Waals surface area contributed by atoms with Crippen molar-refractivity contribution < 1.29 is 75.4 Å². The Balaban J connectivity index is 0.000000190. The molecule has 0 unspecified atom stereocenters. The molecule has 0 amide bonds. The van der Waals surface area contributed by atoms with Crippen LogP contribution in [0.15, 0.2) is 146 Å². The van der Waals surface area contributed by atoms with Crippen molar-refractivity contribution in [3.05, 3.63) is 185 Å². The van der Waals surface area contributed by atoms with Gasteiger partial charge in [-0.1, -0.05) is 53.9 Å². The van der Waals surface area contributed by atoms with Crippen LogP contribution in [0.4, 0.5) is 26.3 Å². The standard InChI is InChI=1S/C21H13.C15H8F6.C5H5.2ClH.Zr/c1-2-8-15-14(7-1)13-20-18-11-4-3-9-16(18)17-10-5-6-12-19(17)21(15)20;16-14(17,18)12-5-1-3-10(8-12)7-11-4-2-6-13(9-11)15(19,20)21;1-2-4-5-3-1;;;/h1-10,12H,13H2;1-6,8-9H;1-5H;2*1H;/q-1;;-1;;;+2/p-2. The van der Waals surface area contributed by atoms with Crippen molar-refractivity contribution in [2.45, 2.75) is 18.8 Å². The maximum absolute atomic E-state index is 12.7. The van der Waals surface area contributed by atoms with Gasteiger partial charge in [0.15, 0.2) is 0 Å². The van der Waals surface area contributed by atoms with Gasteiger partial charge in [-0.25, -0.2) is 12.1 Å². The smallest absolute Gasteiger partial charge is 0.0240 e. The van der Waals surface area contributed by atoms with Gasteiger partial charge in [0.25, 0.3) is 0 Å². The molecule has 0 saturated carbocycles. The van der Waals surface area contributed by atoms with Crippen LogP contribution in [0, 0.1) is 6.07 Å². The van der Waals surface area contributed by atoms with E-state index in [1.165, 1.54) is 68.1 Å². The summed E-state index contributed by atoms with van der Waals surface area (Å²) >= 11 is 0.729. The molecule has 0 saturated heterocycles. The third-order valence-electron chi connectivity index (χ3n) is 8.11. The predicted octanol–water partition coefficient (Wildman–Crippen LogP) is 5.62. The summed E-state index contributed by atoms with van der Waals surface area (Å²) in [6.07, 6.45) is -7.95. The summed E-state index contributed by atoms with van der Waals surface area (Å²) in [5.41, 5.74) is 4.57. The molecule has 9 heteroatoms. The van der Waals surface area contributed by atoms with E-state index in [0.717, 1.165) is 54.9 Å². The van der Waals surface area contributed by atoms with Gasteiger partial charge in [-0.05, 0) is 28.5 Å². The van der Waals surface area contributed by atoms with E-state index in [9.17, 15) is 26.3 Å². The molecular weight excluding hydrogens is 769 g/mol. The van der Waals surface area contributed by atoms with Crippen LogP contribution in [0.25, 0.3) is 32.7 Å². The fourth-order valence-corrected chi connectivity index (χ4v) is 6.68. The molecule has 0 heterocycles. The summed E-state index contributed by atoms with van der Waals surface area (Å²) in [4.78, 5) is 0. The molecule has 0 N–H and O–H groups in total. The fraction of sp³-hybridized carbons (Fsp3) is 0.0732. The Morgan fingerprint density at radius 3 is 1.70 bits per heavy atom. The zero-order chi connectivity index (χ0) is 33.9. The van der Waals surface area contributed by atoms with E-state index in [2.05, 4.69) is 66.7 Å². The van der Waals surface area contributed by atoms with Crippen molar-refractivity contribution in [2.75, 3.05) is 0 Å². The normalized spacial score (nSPS) is 11.5. The van der Waals surface area contributed by atoms with Crippen LogP contribution in [-0.4, -0.2) is 3.21 Å². The molecule has 7 aromatic carbocycles. The summed E-state index contributed by atoms with van der Waals surface area (Å²) in [7, 11) is 0. The molecule has 0 nitrogen and oxygen atoms in total. The van der Waals surface area contributed by atoms with Crippen molar-refractivity contribution in [1.29, 1.82) is 0 Å². The molecular formula is C41H26Cl2F6Zr-2. The van der Waals surface area contributed by atoms with E-state index < -0.39 is 23.5 Å². The summed E-state index contributed by atoms with van der Waals surface area (Å²) in [6, 6.07) is 46.5. The number of halogens is 8. The van der Waals surface area contributed by atoms with Crippen LogP contribution in [-0.2, 0) is 43.0 Å². The zero-order valence-corrected chi connectivity index (χ0v) is 30.1. The Bertz CT molecular complexity index is 2140. The minimum Gasteiger partial charge on any atom is -1.00 e. The third kappa shape index (κ3) is 8.51. The Kier molecular flexibility index (Phi) is 12.8. The SMILES string of the molecule is FC(F)(F)c1cccc([C](=[Zr+2])c2cccc(C(F)(F)F)c2)c1.[Cl-].[Cl-].[c-]1cccc2c1c1c(c3ccccc32)-c2ccccc2C1.c1cc[cH-]c1. The Hall–Kier alpha value is -3.90. The molecule has 7 aromatic rings. The first kappa shape index (κ1) is 38.9. The molecule has 0 radical (unpaired) electrons. The van der Waals surface area contributed by atoms with Gasteiger partial charge >= 0.3 is 137 Å². The molecule has 8 rings (SSSR count). The number of alkyl halides is 6. The van der Waals surface area contributed by atoms with E-state index in [0.29, 0.717) is 3.21 Å². The van der Waals surface area contributed by atoms with Crippen LogP contribution in [0.3, 0.4) is 0 Å². The second-order valence-electron chi connectivity index (χ2n) is 11.2. The van der Waals surface area contributed by atoms with Gasteiger partial charge in [-0.2, -0.15) is 18.2 Å². The van der Waals surface area contributed by atoms with Gasteiger partial charge in [-0.15, -0.1) is 40.6 Å². The quantitative estimate of drug-likeness (QED) is 0.121. The number of hydrogen-bond donors (Lipinski definition) is 0. The summed E-state index contributed by atoms with van der Waals surface area (Å²) in [6.45, 7) is 0. The second kappa shape index (κ2) is 16.4. The fourth-order valence-electron chi connectivity index (χ4n) is 5.92. The van der Waals surface area contributed by atoms with E-state index in [1.807, 2.05) is 36.4 Å². The number of benzene rings is 6. The molecule has 1 aliphatic rings. The van der Waals surface area contributed by atoms with Crippen LogP contribution in [0.1, 0.15) is 33.4 Å². The minimum absolute atomic E-state index is 0. The maximum Gasteiger partial charge on any atom is -0.0240 e. The van der Waals surface area contributed by atoms with Crippen LogP contribution in [0.2, 0.25) is 0 Å². The van der Waals surface area contributed by atoms with E-state index >= 15 is 0 Å². The molecule has 252 valence electrons. The second-order valence-corrected chi connectivity index (χ2v) is 12.4. The monoisotopic (exact) mass is 792 g/mol. The number of hydrogen-bond acceptors (Lipinski definition) is 0. The van der Waals surface area contributed by atoms with Crippen molar-refractivity contribution >= 4 is 24.8 Å². The number of rotatable bonds is 2. The minimum atomic E-state index is -4.49. The maximum atomic E-state index is 12.7. The van der Waals surface area contributed by atoms with Crippen LogP contribution in [0.5, 0.6) is 0 Å². The summed E-state index contributed by atoms with van der Waals surface area (Å²) in [5.74, 6) is 0. The molecule has 0 aliphatic heterocycles. The largest absolute Gasteiger partial charge is 1.00 e. The molecule has 0 spiro atoms. The van der Waals surface area contributed by atoms with E-state index in [4.69, 9.17) is 0 Å². The number of fused-ring (bicyclic) bond motifs is 8. The summed E-state index contributed by atoms with van der Waals surface area (Å²) in [5, 5.41) is 5.30. The average Bonchev–Trinajstić information content (AvgIpc) is 3.81. The zero-order valence-electron chi connectivity index (χ0n) is 26.1. The molecule has 0 bridgehead atoms. The predicted molar refractivity (Wildman–Crippen MR) is 177 cm³/mol. The van der Waals surface area contributed by atoms with Crippen LogP contribution < -0.4 is 24.8 Å². The third-order valence-corrected chi connectivity index (χ3v) is 9.53. The van der Waals surface area contributed by atoms with Crippen molar-refractivity contribution in [2.24, 2.45) is 0 Å². The van der Waals surface area contributed by atoms with E-state index in [1.54, 1.807) is 0 Å². The molecule has 1 aliphatic carbocycles. The first-order chi connectivity index (χ1) is 23.0. The topological polar surface area (TPSA) is 0 Å². The van der Waals surface area contributed by atoms with Gasteiger partial charge in [0.05, 0.1) is 0 Å². The van der Waals surface area contributed by atoms with Gasteiger partial charge in [0.1, 0.15) is 0 Å². The summed E-state index contributed by atoms with van der Waals surface area (Å²) < 4.78 is 76.7. The first-order valence-corrected chi connectivity index (χ1v) is 16.3. The van der Waals surface area contributed by atoms with Gasteiger partial charge in [-0.3, -0.25) is 0 Å². The molecule has 0 fully saturated rings. The van der Waals surface area contributed by atoms with Gasteiger partial charge < -0.3 is 24.8 Å². The first-order valence-electron chi connectivity index (χ1n) is 15.0. The van der Waals surface area contributed by atoms with Gasteiger partial charge in [0.2, 0.25) is 0 Å². The van der Waals surface area contributed by atoms with Gasteiger partial charge in [0, 0.05) is 0 Å². The Morgan fingerprint density at radius 2 is 1.14 bits per heavy atom. The molecule has 0 atom stereocenters. The van der Waals surface area contributed by atoms with E-state index in [-0.39, 0.29) is 35.9 Å². The Labute approximate surface area is 313 Å². The Morgan fingerprint density at radius 1 is 0.600 bits per heavy atom. The van der Waals surface area contributed by atoms with Crippen LogP contribution >= 0.6 is 0 Å². The van der Waals surface area contributed by atoms with Crippen molar-refractivity contribution in [3.63, 3.8) is 0 Å². The van der Waals surface area contributed by atoms with Crippen molar-refractivity contribution in [1.82, 2.24) is 0 Å². The molecule has 0 aromatic heterocycles.